The topological polar surface area (TPSA) is 83.5 Å². The van der Waals surface area contributed by atoms with Gasteiger partial charge in [-0.05, 0) is 30.0 Å². The number of carboxylic acids is 1. The van der Waals surface area contributed by atoms with Gasteiger partial charge in [-0.1, -0.05) is 12.1 Å². The second-order valence-corrected chi connectivity index (χ2v) is 6.34. The minimum Gasteiger partial charge on any atom is -0.481 e. The fourth-order valence-corrected chi connectivity index (χ4v) is 3.51. The quantitative estimate of drug-likeness (QED) is 0.825. The van der Waals surface area contributed by atoms with E-state index in [9.17, 15) is 13.2 Å². The number of carboxylic acid groups (broad SMARTS) is 1. The van der Waals surface area contributed by atoms with Crippen molar-refractivity contribution in [1.82, 2.24) is 0 Å². The van der Waals surface area contributed by atoms with Crippen LogP contribution in [-0.4, -0.2) is 19.5 Å². The van der Waals surface area contributed by atoms with E-state index in [0.717, 1.165) is 0 Å². The van der Waals surface area contributed by atoms with Crippen molar-refractivity contribution in [3.05, 3.63) is 29.3 Å². The zero-order valence-corrected chi connectivity index (χ0v) is 9.75. The molecule has 90 valence electrons. The molecule has 0 unspecified atom stereocenters. The molecule has 0 saturated heterocycles. The van der Waals surface area contributed by atoms with Crippen LogP contribution in [-0.2, 0) is 26.0 Å². The van der Waals surface area contributed by atoms with E-state index in [-0.39, 0.29) is 5.75 Å². The molecule has 2 aliphatic rings. The summed E-state index contributed by atoms with van der Waals surface area (Å²) in [6.07, 6.45) is 1.24. The summed E-state index contributed by atoms with van der Waals surface area (Å²) in [6.45, 7) is 0. The van der Waals surface area contributed by atoms with E-state index in [1.807, 2.05) is 0 Å². The van der Waals surface area contributed by atoms with Crippen molar-refractivity contribution in [2.24, 2.45) is 0 Å². The van der Waals surface area contributed by atoms with Crippen LogP contribution in [0.5, 0.6) is 0 Å². The Hall–Kier alpha value is -1.56. The second-order valence-electron chi connectivity index (χ2n) is 4.62. The number of sulfonamides is 1. The van der Waals surface area contributed by atoms with E-state index in [2.05, 4.69) is 4.72 Å². The smallest absolute Gasteiger partial charge is 0.314 e. The van der Waals surface area contributed by atoms with Gasteiger partial charge >= 0.3 is 5.97 Å². The Morgan fingerprint density at radius 1 is 1.35 bits per heavy atom. The summed E-state index contributed by atoms with van der Waals surface area (Å²) in [5.74, 6) is -0.860. The molecule has 0 bridgehead atoms. The van der Waals surface area contributed by atoms with E-state index in [1.165, 1.54) is 0 Å². The Kier molecular flexibility index (Phi) is 1.87. The molecule has 1 aromatic rings. The Labute approximate surface area is 98.5 Å². The predicted octanol–water partition coefficient (Wildman–Crippen LogP) is 1.06. The molecule has 0 radical (unpaired) electrons. The third-order valence-corrected chi connectivity index (χ3v) is 4.65. The Balaban J connectivity index is 2.05. The SMILES string of the molecule is O=C(O)C1(c2ccc3c(c2)NS(=O)(=O)C3)CC1. The van der Waals surface area contributed by atoms with Crippen LogP contribution in [0.25, 0.3) is 0 Å². The molecule has 6 heteroatoms. The summed E-state index contributed by atoms with van der Waals surface area (Å²) in [4.78, 5) is 11.2. The number of carbonyl (C=O) groups is 1. The predicted molar refractivity (Wildman–Crippen MR) is 61.2 cm³/mol. The van der Waals surface area contributed by atoms with Crippen molar-refractivity contribution in [3.63, 3.8) is 0 Å². The van der Waals surface area contributed by atoms with Gasteiger partial charge in [-0.25, -0.2) is 8.42 Å². The Bertz CT molecular complexity index is 616. The standard InChI is InChI=1S/C11H11NO4S/c13-10(14)11(3-4-11)8-2-1-7-6-17(15,16)12-9(7)5-8/h1-2,5,12H,3-4,6H2,(H,13,14). The van der Waals surface area contributed by atoms with Crippen molar-refractivity contribution >= 4 is 21.7 Å². The van der Waals surface area contributed by atoms with Crippen molar-refractivity contribution in [1.29, 1.82) is 0 Å². The molecule has 1 fully saturated rings. The summed E-state index contributed by atoms with van der Waals surface area (Å²) >= 11 is 0. The lowest BCUT2D eigenvalue weighted by Crippen LogP contribution is -2.19. The number of hydrogen-bond donors (Lipinski definition) is 2. The van der Waals surface area contributed by atoms with E-state index >= 15 is 0 Å². The lowest BCUT2D eigenvalue weighted by Gasteiger charge is -2.11. The molecule has 0 amide bonds. The highest BCUT2D eigenvalue weighted by atomic mass is 32.2. The van der Waals surface area contributed by atoms with Crippen LogP contribution in [0.2, 0.25) is 0 Å². The second kappa shape index (κ2) is 3.01. The van der Waals surface area contributed by atoms with Crippen LogP contribution < -0.4 is 4.72 Å². The van der Waals surface area contributed by atoms with Gasteiger partial charge in [0, 0.05) is 0 Å². The summed E-state index contributed by atoms with van der Waals surface area (Å²) in [6, 6.07) is 5.08. The maximum absolute atomic E-state index is 11.4. The number of rotatable bonds is 2. The fourth-order valence-electron chi connectivity index (χ4n) is 2.25. The van der Waals surface area contributed by atoms with E-state index in [1.54, 1.807) is 18.2 Å². The molecular formula is C11H11NO4S. The first-order valence-corrected chi connectivity index (χ1v) is 6.95. The van der Waals surface area contributed by atoms with Crippen molar-refractivity contribution in [2.75, 3.05) is 4.72 Å². The van der Waals surface area contributed by atoms with Crippen LogP contribution in [0, 0.1) is 0 Å². The van der Waals surface area contributed by atoms with Gasteiger partial charge in [0.15, 0.2) is 0 Å². The molecule has 1 heterocycles. The average molecular weight is 253 g/mol. The Morgan fingerprint density at radius 2 is 2.06 bits per heavy atom. The highest BCUT2D eigenvalue weighted by Crippen LogP contribution is 2.49. The highest BCUT2D eigenvalue weighted by Gasteiger charge is 2.52. The number of fused-ring (bicyclic) bond motifs is 1. The number of benzene rings is 1. The van der Waals surface area contributed by atoms with Gasteiger partial charge in [-0.3, -0.25) is 9.52 Å². The monoisotopic (exact) mass is 253 g/mol. The Morgan fingerprint density at radius 3 is 2.65 bits per heavy atom. The summed E-state index contributed by atoms with van der Waals surface area (Å²) in [5, 5.41) is 9.17. The van der Waals surface area contributed by atoms with Gasteiger partial charge in [-0.2, -0.15) is 0 Å². The zero-order valence-electron chi connectivity index (χ0n) is 8.93. The van der Waals surface area contributed by atoms with E-state index < -0.39 is 21.4 Å². The molecule has 0 aromatic heterocycles. The number of nitrogens with one attached hydrogen (secondary N) is 1. The molecule has 1 saturated carbocycles. The molecule has 0 atom stereocenters. The lowest BCUT2D eigenvalue weighted by molar-refractivity contribution is -0.140. The van der Waals surface area contributed by atoms with Gasteiger partial charge < -0.3 is 5.11 Å². The minimum absolute atomic E-state index is 0.0251. The largest absolute Gasteiger partial charge is 0.481 e. The maximum Gasteiger partial charge on any atom is 0.314 e. The molecule has 2 N–H and O–H groups in total. The molecule has 1 aliphatic heterocycles. The first kappa shape index (κ1) is 10.6. The van der Waals surface area contributed by atoms with E-state index in [0.29, 0.717) is 29.7 Å². The van der Waals surface area contributed by atoms with Crippen LogP contribution in [0.4, 0.5) is 5.69 Å². The average Bonchev–Trinajstić information content (AvgIpc) is 2.95. The van der Waals surface area contributed by atoms with Gasteiger partial charge in [0.1, 0.15) is 0 Å². The number of anilines is 1. The van der Waals surface area contributed by atoms with Crippen LogP contribution in [0.1, 0.15) is 24.0 Å². The van der Waals surface area contributed by atoms with E-state index in [4.69, 9.17) is 5.11 Å². The van der Waals surface area contributed by atoms with Crippen molar-refractivity contribution in [2.45, 2.75) is 24.0 Å². The van der Waals surface area contributed by atoms with Crippen LogP contribution in [0.3, 0.4) is 0 Å². The summed E-state index contributed by atoms with van der Waals surface area (Å²) < 4.78 is 25.2. The number of hydrogen-bond acceptors (Lipinski definition) is 3. The van der Waals surface area contributed by atoms with Gasteiger partial charge in [0.2, 0.25) is 10.0 Å². The molecule has 3 rings (SSSR count). The van der Waals surface area contributed by atoms with Gasteiger partial charge in [0.25, 0.3) is 0 Å². The molecule has 17 heavy (non-hydrogen) atoms. The molecular weight excluding hydrogens is 242 g/mol. The normalized spacial score (nSPS) is 22.6. The van der Waals surface area contributed by atoms with Crippen LogP contribution >= 0.6 is 0 Å². The van der Waals surface area contributed by atoms with Crippen molar-refractivity contribution < 1.29 is 18.3 Å². The highest BCUT2D eigenvalue weighted by molar-refractivity contribution is 7.92. The maximum atomic E-state index is 11.4. The molecule has 5 nitrogen and oxygen atoms in total. The summed E-state index contributed by atoms with van der Waals surface area (Å²) in [7, 11) is -3.26. The lowest BCUT2D eigenvalue weighted by atomic mass is 9.94. The fraction of sp³-hybridized carbons (Fsp3) is 0.364. The molecule has 1 aromatic carbocycles. The first-order valence-electron chi connectivity index (χ1n) is 5.30. The molecule has 1 aliphatic carbocycles. The summed E-state index contributed by atoms with van der Waals surface area (Å²) in [5.41, 5.74) is 1.13. The van der Waals surface area contributed by atoms with Crippen molar-refractivity contribution in [3.8, 4) is 0 Å². The minimum atomic E-state index is -3.26. The molecule has 0 spiro atoms. The number of aliphatic carboxylic acids is 1. The third kappa shape index (κ3) is 1.51. The van der Waals surface area contributed by atoms with Crippen LogP contribution in [0.15, 0.2) is 18.2 Å². The van der Waals surface area contributed by atoms with Gasteiger partial charge in [0.05, 0.1) is 16.9 Å². The first-order chi connectivity index (χ1) is 7.93. The third-order valence-electron chi connectivity index (χ3n) is 3.43. The zero-order chi connectivity index (χ0) is 12.3. The van der Waals surface area contributed by atoms with Gasteiger partial charge in [-0.15, -0.1) is 0 Å².